The second-order valence-corrected chi connectivity index (χ2v) is 4.72. The Kier molecular flexibility index (Phi) is 3.34. The summed E-state index contributed by atoms with van der Waals surface area (Å²) in [5.74, 6) is 0. The van der Waals surface area contributed by atoms with Gasteiger partial charge in [-0.15, -0.1) is 0 Å². The van der Waals surface area contributed by atoms with Gasteiger partial charge < -0.3 is 0 Å². The molecule has 1 aliphatic carbocycles. The van der Waals surface area contributed by atoms with Crippen LogP contribution in [0.3, 0.4) is 0 Å². The van der Waals surface area contributed by atoms with Gasteiger partial charge in [0.05, 0.1) is 0 Å². The Bertz CT molecular complexity index is 284. The van der Waals surface area contributed by atoms with Crippen LogP contribution >= 0.6 is 0 Å². The van der Waals surface area contributed by atoms with Crippen LogP contribution in [0.1, 0.15) is 26.7 Å². The van der Waals surface area contributed by atoms with E-state index in [-0.39, 0.29) is 0 Å². The van der Waals surface area contributed by atoms with E-state index in [1.54, 1.807) is 0 Å². The van der Waals surface area contributed by atoms with E-state index in [9.17, 15) is 0 Å². The van der Waals surface area contributed by atoms with E-state index < -0.39 is 0 Å². The summed E-state index contributed by atoms with van der Waals surface area (Å²) in [6.45, 7) is 4.01. The second kappa shape index (κ2) is 4.09. The molecule has 0 aromatic heterocycles. The molecule has 0 atom stereocenters. The monoisotopic (exact) mass is 331 g/mol. The van der Waals surface area contributed by atoms with Crippen LogP contribution in [0.2, 0.25) is 0 Å². The molecule has 1 nitrogen and oxygen atoms in total. The average Bonchev–Trinajstić information content (AvgIpc) is 2.32. The van der Waals surface area contributed by atoms with Crippen molar-refractivity contribution >= 4 is 9.61 Å². The Morgan fingerprint density at radius 3 is 2.92 bits per heavy atom. The molecule has 1 aliphatic rings. The number of hydrogen-bond donors (Lipinski definition) is 1. The van der Waals surface area contributed by atoms with E-state index in [2.05, 4.69) is 13.0 Å². The van der Waals surface area contributed by atoms with Crippen LogP contribution in [0.15, 0.2) is 23.3 Å². The summed E-state index contributed by atoms with van der Waals surface area (Å²) in [7, 11) is 0. The van der Waals surface area contributed by atoms with Gasteiger partial charge in [0, 0.05) is 0 Å². The van der Waals surface area contributed by atoms with Crippen LogP contribution in [-0.4, -0.2) is 9.61 Å². The molecule has 0 aliphatic heterocycles. The van der Waals surface area contributed by atoms with Crippen molar-refractivity contribution in [1.29, 1.82) is 5.41 Å². The predicted molar refractivity (Wildman–Crippen MR) is 49.5 cm³/mol. The van der Waals surface area contributed by atoms with Gasteiger partial charge in [0.2, 0.25) is 0 Å². The first-order valence-corrected chi connectivity index (χ1v) is 5.61. The molecule has 0 heterocycles. The van der Waals surface area contributed by atoms with Gasteiger partial charge in [-0.25, -0.2) is 0 Å². The van der Waals surface area contributed by atoms with Crippen molar-refractivity contribution in [3.05, 3.63) is 23.3 Å². The molecule has 1 N–H and O–H groups in total. The third-order valence-electron chi connectivity index (χ3n) is 1.92. The van der Waals surface area contributed by atoms with E-state index in [1.807, 2.05) is 13.0 Å². The Morgan fingerprint density at radius 2 is 2.42 bits per heavy atom. The molecule has 0 aromatic carbocycles. The van der Waals surface area contributed by atoms with Crippen LogP contribution in [0, 0.1) is 5.41 Å². The zero-order valence-electron chi connectivity index (χ0n) is 7.48. The van der Waals surface area contributed by atoms with E-state index in [0.29, 0.717) is 5.71 Å². The van der Waals surface area contributed by atoms with E-state index in [1.165, 1.54) is 34.4 Å². The molecule has 0 spiro atoms. The average molecular weight is 331 g/mol. The molecular weight excluding hydrogens is 318 g/mol. The summed E-state index contributed by atoms with van der Waals surface area (Å²) in [6.07, 6.45) is 6.48. The van der Waals surface area contributed by atoms with Crippen LogP contribution in [0.25, 0.3) is 0 Å². The van der Waals surface area contributed by atoms with Crippen molar-refractivity contribution in [3.63, 3.8) is 0 Å². The Hall–Kier alpha value is -0.292. The van der Waals surface area contributed by atoms with Crippen molar-refractivity contribution in [1.82, 2.24) is 0 Å². The van der Waals surface area contributed by atoms with Crippen LogP contribution in [-0.2, 0) is 19.4 Å². The fourth-order valence-electron chi connectivity index (χ4n) is 1.34. The molecule has 0 amide bonds. The van der Waals surface area contributed by atoms with Crippen molar-refractivity contribution in [2.45, 2.75) is 26.7 Å². The maximum absolute atomic E-state index is 7.41. The third-order valence-corrected chi connectivity index (χ3v) is 3.31. The van der Waals surface area contributed by atoms with Gasteiger partial charge in [0.1, 0.15) is 0 Å². The van der Waals surface area contributed by atoms with Gasteiger partial charge >= 0.3 is 84.4 Å². The van der Waals surface area contributed by atoms with Gasteiger partial charge in [-0.1, -0.05) is 0 Å². The molecule has 0 saturated carbocycles. The molecule has 0 fully saturated rings. The van der Waals surface area contributed by atoms with Crippen LogP contribution < -0.4 is 0 Å². The standard InChI is InChI=1S/C10H13N.W/c1-3-9-5-4-6-10(9)7-8(2)11;/h5,7,11H,3-4H2,1-2H3;. The molecule has 0 bridgehead atoms. The second-order valence-electron chi connectivity index (χ2n) is 2.95. The molecule has 12 heavy (non-hydrogen) atoms. The van der Waals surface area contributed by atoms with Crippen molar-refractivity contribution in [3.8, 4) is 0 Å². The molecule has 2 heteroatoms. The summed E-state index contributed by atoms with van der Waals surface area (Å²) < 4.78 is 1.48. The number of allylic oxidation sites excluding steroid dienone is 4. The first kappa shape index (κ1) is 9.79. The maximum atomic E-state index is 7.41. The summed E-state index contributed by atoms with van der Waals surface area (Å²) in [5.41, 5.74) is 3.41. The predicted octanol–water partition coefficient (Wildman–Crippen LogP) is 2.41. The van der Waals surface area contributed by atoms with Gasteiger partial charge in [-0.2, -0.15) is 0 Å². The number of nitrogens with one attached hydrogen (secondary N) is 1. The molecular formula is C10H13NW. The number of hydrogen-bond acceptors (Lipinski definition) is 1. The zero-order valence-corrected chi connectivity index (χ0v) is 10.4. The molecule has 64 valence electrons. The third kappa shape index (κ3) is 2.10. The summed E-state index contributed by atoms with van der Waals surface area (Å²) in [5, 5.41) is 7.41. The van der Waals surface area contributed by atoms with Crippen molar-refractivity contribution in [2.24, 2.45) is 0 Å². The molecule has 0 unspecified atom stereocenters. The van der Waals surface area contributed by atoms with E-state index in [4.69, 9.17) is 5.41 Å². The fraction of sp³-hybridized carbons (Fsp3) is 0.400. The molecule has 0 aromatic rings. The Labute approximate surface area is 84.5 Å². The van der Waals surface area contributed by atoms with Gasteiger partial charge in [-0.3, -0.25) is 0 Å². The zero-order chi connectivity index (χ0) is 9.14. The normalized spacial score (nSPS) is 20.0. The van der Waals surface area contributed by atoms with Gasteiger partial charge in [-0.05, 0) is 0 Å². The quantitative estimate of drug-likeness (QED) is 0.752. The SMILES string of the molecule is CCC1=CC[C](=[W])C1=CC(C)=N. The van der Waals surface area contributed by atoms with Crippen molar-refractivity contribution < 1.29 is 19.4 Å². The minimum atomic E-state index is 0.657. The minimum absolute atomic E-state index is 0.657. The van der Waals surface area contributed by atoms with E-state index >= 15 is 0 Å². The summed E-state index contributed by atoms with van der Waals surface area (Å²) in [6, 6.07) is 0. The summed E-state index contributed by atoms with van der Waals surface area (Å²) >= 11 is 1.54. The topological polar surface area (TPSA) is 23.9 Å². The first-order chi connectivity index (χ1) is 5.65. The molecule has 0 saturated heterocycles. The molecule has 1 rings (SSSR count). The number of rotatable bonds is 2. The van der Waals surface area contributed by atoms with Gasteiger partial charge in [0.15, 0.2) is 0 Å². The van der Waals surface area contributed by atoms with Crippen LogP contribution in [0.5, 0.6) is 0 Å². The van der Waals surface area contributed by atoms with Crippen molar-refractivity contribution in [2.75, 3.05) is 0 Å². The summed E-state index contributed by atoms with van der Waals surface area (Å²) in [4.78, 5) is 0. The Morgan fingerprint density at radius 1 is 1.75 bits per heavy atom. The first-order valence-electron chi connectivity index (χ1n) is 4.14. The van der Waals surface area contributed by atoms with Crippen LogP contribution in [0.4, 0.5) is 0 Å². The van der Waals surface area contributed by atoms with E-state index in [0.717, 1.165) is 12.8 Å². The van der Waals surface area contributed by atoms with Gasteiger partial charge in [0.25, 0.3) is 0 Å². The molecule has 0 radical (unpaired) electrons. The fourth-order valence-corrected chi connectivity index (χ4v) is 2.32. The Balaban J connectivity index is 2.94.